The van der Waals surface area contributed by atoms with Gasteiger partial charge in [0.15, 0.2) is 5.78 Å². The summed E-state index contributed by atoms with van der Waals surface area (Å²) in [5, 5.41) is 0. The summed E-state index contributed by atoms with van der Waals surface area (Å²) in [4.78, 5) is 45.9. The molecule has 3 fully saturated rings. The second-order valence-electron chi connectivity index (χ2n) is 11.0. The van der Waals surface area contributed by atoms with Gasteiger partial charge in [-0.3, -0.25) is 14.4 Å². The van der Waals surface area contributed by atoms with Gasteiger partial charge < -0.3 is 25.2 Å². The highest BCUT2D eigenvalue weighted by atomic mass is 16.5. The minimum atomic E-state index is -0.605. The molecule has 2 N–H and O–H groups in total. The molecule has 3 heterocycles. The Morgan fingerprint density at radius 1 is 1.17 bits per heavy atom. The fourth-order valence-corrected chi connectivity index (χ4v) is 5.91. The molecule has 3 saturated heterocycles. The molecule has 192 valence electrons. The number of primary amides is 1. The predicted octanol–water partition coefficient (Wildman–Crippen LogP) is 2.26. The Labute approximate surface area is 208 Å². The Morgan fingerprint density at radius 2 is 1.86 bits per heavy atom. The lowest BCUT2D eigenvalue weighted by Crippen LogP contribution is -2.47. The van der Waals surface area contributed by atoms with E-state index in [0.717, 1.165) is 44.8 Å². The van der Waals surface area contributed by atoms with Crippen LogP contribution in [-0.2, 0) is 14.3 Å². The normalized spacial score (nSPS) is 26.2. The van der Waals surface area contributed by atoms with E-state index in [2.05, 4.69) is 37.5 Å². The van der Waals surface area contributed by atoms with Crippen LogP contribution in [0.3, 0.4) is 0 Å². The van der Waals surface area contributed by atoms with E-state index < -0.39 is 23.3 Å². The Morgan fingerprint density at radius 3 is 2.46 bits per heavy atom. The number of anilines is 1. The molecule has 4 atom stereocenters. The van der Waals surface area contributed by atoms with Crippen molar-refractivity contribution in [1.82, 2.24) is 9.80 Å². The van der Waals surface area contributed by atoms with Crippen LogP contribution in [-0.4, -0.2) is 85.4 Å². The standard InChI is InChI=1S/C27H40N4O4/c1-6-27(4,5)22(26(34)31-15-17(3)24-23(31)21(32)16-35-24)20-14-18(8-9-19(20)25(28)33)30-12-10-29(7-2)11-13-30/h8-9,14,17,22-24H,6-7,10-13,15-16H2,1-5H3,(H2,28,33)/t17-,22+,23-,24-/m1/s1. The zero-order valence-corrected chi connectivity index (χ0v) is 21.8. The van der Waals surface area contributed by atoms with Crippen molar-refractivity contribution >= 4 is 23.3 Å². The zero-order chi connectivity index (χ0) is 25.5. The van der Waals surface area contributed by atoms with E-state index in [0.29, 0.717) is 17.7 Å². The topological polar surface area (TPSA) is 96.2 Å². The first-order chi connectivity index (χ1) is 16.6. The van der Waals surface area contributed by atoms with Crippen LogP contribution in [0.1, 0.15) is 62.9 Å². The number of hydrogen-bond acceptors (Lipinski definition) is 6. The quantitative estimate of drug-likeness (QED) is 0.638. The van der Waals surface area contributed by atoms with Crippen molar-refractivity contribution in [3.63, 3.8) is 0 Å². The van der Waals surface area contributed by atoms with Crippen LogP contribution in [0.2, 0.25) is 0 Å². The molecule has 3 aliphatic rings. The predicted molar refractivity (Wildman–Crippen MR) is 136 cm³/mol. The molecular formula is C27H40N4O4. The van der Waals surface area contributed by atoms with Gasteiger partial charge in [-0.2, -0.15) is 0 Å². The molecule has 0 aliphatic carbocycles. The third-order valence-corrected chi connectivity index (χ3v) is 8.46. The third kappa shape index (κ3) is 4.70. The van der Waals surface area contributed by atoms with Crippen molar-refractivity contribution in [2.24, 2.45) is 17.1 Å². The maximum atomic E-state index is 14.3. The molecule has 1 aromatic carbocycles. The van der Waals surface area contributed by atoms with Gasteiger partial charge in [-0.1, -0.05) is 34.6 Å². The summed E-state index contributed by atoms with van der Waals surface area (Å²) < 4.78 is 5.73. The number of ketones is 1. The van der Waals surface area contributed by atoms with Crippen LogP contribution in [0.15, 0.2) is 18.2 Å². The highest BCUT2D eigenvalue weighted by molar-refractivity contribution is 5.99. The van der Waals surface area contributed by atoms with E-state index in [-0.39, 0.29) is 30.3 Å². The molecular weight excluding hydrogens is 444 g/mol. The van der Waals surface area contributed by atoms with Crippen LogP contribution in [0.4, 0.5) is 5.69 Å². The number of rotatable bonds is 7. The van der Waals surface area contributed by atoms with Crippen molar-refractivity contribution in [3.05, 3.63) is 29.3 Å². The fraction of sp³-hybridized carbons (Fsp3) is 0.667. The number of benzene rings is 1. The monoisotopic (exact) mass is 484 g/mol. The van der Waals surface area contributed by atoms with Crippen molar-refractivity contribution in [1.29, 1.82) is 0 Å². The molecule has 1 aromatic rings. The van der Waals surface area contributed by atoms with Crippen LogP contribution in [0.25, 0.3) is 0 Å². The molecule has 0 bridgehead atoms. The van der Waals surface area contributed by atoms with Gasteiger partial charge >= 0.3 is 0 Å². The number of amides is 2. The number of ether oxygens (including phenoxy) is 1. The lowest BCUT2D eigenvalue weighted by molar-refractivity contribution is -0.140. The minimum Gasteiger partial charge on any atom is -0.369 e. The van der Waals surface area contributed by atoms with Gasteiger partial charge in [0.1, 0.15) is 12.6 Å². The maximum Gasteiger partial charge on any atom is 0.249 e. The molecule has 8 heteroatoms. The summed E-state index contributed by atoms with van der Waals surface area (Å²) in [5.41, 5.74) is 7.40. The summed E-state index contributed by atoms with van der Waals surface area (Å²) in [5.74, 6) is -1.23. The summed E-state index contributed by atoms with van der Waals surface area (Å²) in [7, 11) is 0. The Bertz CT molecular complexity index is 985. The third-order valence-electron chi connectivity index (χ3n) is 8.46. The number of likely N-dealkylation sites (N-methyl/N-ethyl adjacent to an activating group) is 1. The number of nitrogens with zero attached hydrogens (tertiary/aromatic N) is 3. The second kappa shape index (κ2) is 9.90. The Balaban J connectivity index is 1.75. The first kappa shape index (κ1) is 25.6. The number of nitrogens with two attached hydrogens (primary N) is 1. The van der Waals surface area contributed by atoms with Gasteiger partial charge in [0.05, 0.1) is 12.0 Å². The smallest absolute Gasteiger partial charge is 0.249 e. The van der Waals surface area contributed by atoms with E-state index in [1.165, 1.54) is 0 Å². The second-order valence-corrected chi connectivity index (χ2v) is 11.0. The van der Waals surface area contributed by atoms with E-state index >= 15 is 0 Å². The summed E-state index contributed by atoms with van der Waals surface area (Å²) in [6, 6.07) is 5.15. The van der Waals surface area contributed by atoms with Crippen molar-refractivity contribution in [2.45, 2.75) is 59.1 Å². The summed E-state index contributed by atoms with van der Waals surface area (Å²) in [6.45, 7) is 15.6. The number of hydrogen-bond donors (Lipinski definition) is 1. The van der Waals surface area contributed by atoms with E-state index in [1.54, 1.807) is 11.0 Å². The van der Waals surface area contributed by atoms with Gasteiger partial charge in [-0.05, 0) is 42.1 Å². The van der Waals surface area contributed by atoms with Gasteiger partial charge in [0.25, 0.3) is 0 Å². The number of carbonyl (C=O) groups excluding carboxylic acids is 3. The average molecular weight is 485 g/mol. The molecule has 35 heavy (non-hydrogen) atoms. The molecule has 0 aromatic heterocycles. The molecule has 0 radical (unpaired) electrons. The molecule has 8 nitrogen and oxygen atoms in total. The Kier molecular flexibility index (Phi) is 7.25. The van der Waals surface area contributed by atoms with Crippen molar-refractivity contribution in [2.75, 3.05) is 50.8 Å². The number of Topliss-reactive ketones (excluding diaryl/α,β-unsaturated/α-hetero) is 1. The van der Waals surface area contributed by atoms with Crippen LogP contribution in [0, 0.1) is 11.3 Å². The average Bonchev–Trinajstić information content (AvgIpc) is 3.39. The number of carbonyl (C=O) groups is 3. The summed E-state index contributed by atoms with van der Waals surface area (Å²) >= 11 is 0. The van der Waals surface area contributed by atoms with E-state index in [9.17, 15) is 14.4 Å². The molecule has 0 spiro atoms. The molecule has 4 rings (SSSR count). The first-order valence-electron chi connectivity index (χ1n) is 12.9. The van der Waals surface area contributed by atoms with Gasteiger partial charge in [-0.25, -0.2) is 0 Å². The Hall–Kier alpha value is -2.45. The van der Waals surface area contributed by atoms with Crippen LogP contribution >= 0.6 is 0 Å². The van der Waals surface area contributed by atoms with Gasteiger partial charge in [-0.15, -0.1) is 0 Å². The van der Waals surface area contributed by atoms with Crippen LogP contribution in [0.5, 0.6) is 0 Å². The first-order valence-corrected chi connectivity index (χ1v) is 12.9. The minimum absolute atomic E-state index is 0.0431. The van der Waals surface area contributed by atoms with Crippen molar-refractivity contribution in [3.8, 4) is 0 Å². The van der Waals surface area contributed by atoms with E-state index in [4.69, 9.17) is 10.5 Å². The lowest BCUT2D eigenvalue weighted by Gasteiger charge is -2.39. The lowest BCUT2D eigenvalue weighted by atomic mass is 9.71. The fourth-order valence-electron chi connectivity index (χ4n) is 5.91. The van der Waals surface area contributed by atoms with E-state index in [1.807, 2.05) is 19.1 Å². The maximum absolute atomic E-state index is 14.3. The number of likely N-dealkylation sites (tertiary alicyclic amines) is 1. The molecule has 0 unspecified atom stereocenters. The van der Waals surface area contributed by atoms with Crippen LogP contribution < -0.4 is 10.6 Å². The highest BCUT2D eigenvalue weighted by Gasteiger charge is 2.53. The SMILES string of the molecule is CCN1CCN(c2ccc(C(N)=O)c([C@@H](C(=O)N3C[C@@H](C)[C@H]4OCC(=O)[C@H]43)C(C)(C)CC)c2)CC1. The van der Waals surface area contributed by atoms with Crippen molar-refractivity contribution < 1.29 is 19.1 Å². The highest BCUT2D eigenvalue weighted by Crippen LogP contribution is 2.44. The summed E-state index contributed by atoms with van der Waals surface area (Å²) in [6.07, 6.45) is 0.469. The molecule has 3 aliphatic heterocycles. The number of piperazine rings is 1. The molecule has 2 amide bonds. The zero-order valence-electron chi connectivity index (χ0n) is 21.8. The number of fused-ring (bicyclic) bond motifs is 1. The molecule has 0 saturated carbocycles. The largest absolute Gasteiger partial charge is 0.369 e. The van der Waals surface area contributed by atoms with Gasteiger partial charge in [0, 0.05) is 49.9 Å². The van der Waals surface area contributed by atoms with Gasteiger partial charge in [0.2, 0.25) is 11.8 Å².